The van der Waals surface area contributed by atoms with Crippen LogP contribution in [0.25, 0.3) is 21.5 Å². The minimum atomic E-state index is -0.0974. The first-order chi connectivity index (χ1) is 11.2. The second kappa shape index (κ2) is 6.96. The highest BCUT2D eigenvalue weighted by Crippen LogP contribution is 2.35. The zero-order valence-corrected chi connectivity index (χ0v) is 13.7. The van der Waals surface area contributed by atoms with Gasteiger partial charge in [-0.1, -0.05) is 12.7 Å². The van der Waals surface area contributed by atoms with Gasteiger partial charge in [-0.05, 0) is 24.6 Å². The maximum atomic E-state index is 12.0. The summed E-state index contributed by atoms with van der Waals surface area (Å²) in [6.45, 7) is 0.575. The number of methoxy groups -OCH3 is 1. The molecule has 0 saturated carbocycles. The average Bonchev–Trinajstić information content (AvgIpc) is 3.06. The topological polar surface area (TPSA) is 57.0 Å². The highest BCUT2D eigenvalue weighted by atomic mass is 32.1. The Hall–Kier alpha value is -2.15. The number of thiazole rings is 1. The van der Waals surface area contributed by atoms with Crippen LogP contribution in [0.1, 0.15) is 12.8 Å². The molecule has 0 fully saturated rings. The van der Waals surface area contributed by atoms with Crippen molar-refractivity contribution in [3.8, 4) is 17.0 Å². The van der Waals surface area contributed by atoms with E-state index in [1.165, 1.54) is 16.0 Å². The quantitative estimate of drug-likeness (QED) is 0.516. The lowest BCUT2D eigenvalue weighted by Crippen LogP contribution is -2.22. The van der Waals surface area contributed by atoms with Crippen LogP contribution in [0.2, 0.25) is 6.32 Å². The van der Waals surface area contributed by atoms with Crippen molar-refractivity contribution in [1.29, 1.82) is 0 Å². The summed E-state index contributed by atoms with van der Waals surface area (Å²) >= 11 is 1.53. The van der Waals surface area contributed by atoms with Gasteiger partial charge in [0.05, 0.1) is 30.9 Å². The monoisotopic (exact) mass is 325 g/mol. The van der Waals surface area contributed by atoms with Gasteiger partial charge in [0.15, 0.2) is 0 Å². The second-order valence-electron chi connectivity index (χ2n) is 5.12. The van der Waals surface area contributed by atoms with Crippen LogP contribution in [-0.4, -0.2) is 29.7 Å². The number of rotatable bonds is 6. The molecule has 0 spiro atoms. The molecule has 0 aliphatic carbocycles. The van der Waals surface area contributed by atoms with Crippen molar-refractivity contribution >= 4 is 29.4 Å². The molecular weight excluding hydrogens is 309 g/mol. The van der Waals surface area contributed by atoms with Crippen LogP contribution in [0.3, 0.4) is 0 Å². The molecule has 0 saturated heterocycles. The fraction of sp³-hybridized carbons (Fsp3) is 0.312. The number of benzene rings is 1. The molecule has 0 bridgehead atoms. The first-order valence-electron chi connectivity index (χ1n) is 7.43. The van der Waals surface area contributed by atoms with Crippen LogP contribution in [0.4, 0.5) is 0 Å². The molecular formula is C16H16BN3O2S. The van der Waals surface area contributed by atoms with Crippen LogP contribution in [-0.2, 0) is 6.54 Å². The molecule has 5 nitrogen and oxygen atoms in total. The lowest BCUT2D eigenvalue weighted by atomic mass is 10.0. The molecule has 116 valence electrons. The van der Waals surface area contributed by atoms with E-state index in [2.05, 4.69) is 10.1 Å². The summed E-state index contributed by atoms with van der Waals surface area (Å²) < 4.78 is 7.85. The highest BCUT2D eigenvalue weighted by Gasteiger charge is 2.12. The largest absolute Gasteiger partial charge is 0.494 e. The van der Waals surface area contributed by atoms with Crippen LogP contribution in [0, 0.1) is 0 Å². The van der Waals surface area contributed by atoms with Gasteiger partial charge in [-0.2, -0.15) is 5.10 Å². The van der Waals surface area contributed by atoms with E-state index in [0.717, 1.165) is 40.1 Å². The molecule has 3 rings (SSSR count). The highest BCUT2D eigenvalue weighted by molar-refractivity contribution is 7.17. The Morgan fingerprint density at radius 2 is 2.13 bits per heavy atom. The third kappa shape index (κ3) is 3.15. The normalized spacial score (nSPS) is 11.0. The van der Waals surface area contributed by atoms with Gasteiger partial charge in [0.2, 0.25) is 0 Å². The number of hydrogen-bond acceptors (Lipinski definition) is 5. The van der Waals surface area contributed by atoms with E-state index >= 15 is 0 Å². The molecule has 0 aliphatic rings. The summed E-state index contributed by atoms with van der Waals surface area (Å²) in [7, 11) is 7.13. The minimum absolute atomic E-state index is 0.0974. The van der Waals surface area contributed by atoms with Crippen molar-refractivity contribution in [2.45, 2.75) is 25.7 Å². The van der Waals surface area contributed by atoms with E-state index in [-0.39, 0.29) is 5.56 Å². The summed E-state index contributed by atoms with van der Waals surface area (Å²) in [5.41, 5.74) is 4.22. The summed E-state index contributed by atoms with van der Waals surface area (Å²) in [5, 5.41) is 4.50. The fourth-order valence-electron chi connectivity index (χ4n) is 2.45. The molecule has 7 heteroatoms. The van der Waals surface area contributed by atoms with Gasteiger partial charge in [-0.15, -0.1) is 11.3 Å². The standard InChI is InChI=1S/C16H16BN3O2S/c1-22-13-6-4-11(16-15(13)18-10-23-16)12-5-7-14(21)20(19-12)9-3-2-8-17/h4-7,10H,2-3,8-9H2,1H3. The predicted octanol–water partition coefficient (Wildman–Crippen LogP) is 2.90. The van der Waals surface area contributed by atoms with Crippen molar-refractivity contribution in [1.82, 2.24) is 14.8 Å². The SMILES string of the molecule is [B]CCCCn1nc(-c2ccc(OC)c3ncsc23)ccc1=O. The maximum absolute atomic E-state index is 12.0. The van der Waals surface area contributed by atoms with E-state index in [1.807, 2.05) is 12.1 Å². The number of nitrogens with zero attached hydrogens (tertiary/aromatic N) is 3. The van der Waals surface area contributed by atoms with Crippen molar-refractivity contribution in [2.75, 3.05) is 7.11 Å². The Labute approximate surface area is 139 Å². The van der Waals surface area contributed by atoms with Crippen molar-refractivity contribution in [3.63, 3.8) is 0 Å². The number of aryl methyl sites for hydroxylation is 1. The fourth-order valence-corrected chi connectivity index (χ4v) is 3.28. The Bertz CT molecular complexity index is 875. The molecule has 1 aromatic carbocycles. The van der Waals surface area contributed by atoms with Gasteiger partial charge in [0.25, 0.3) is 5.56 Å². The number of ether oxygens (including phenoxy) is 1. The Kier molecular flexibility index (Phi) is 4.76. The molecule has 23 heavy (non-hydrogen) atoms. The van der Waals surface area contributed by atoms with Gasteiger partial charge >= 0.3 is 0 Å². The number of hydrogen-bond donors (Lipinski definition) is 0. The number of aromatic nitrogens is 3. The first kappa shape index (κ1) is 15.7. The molecule has 0 N–H and O–H groups in total. The first-order valence-corrected chi connectivity index (χ1v) is 8.31. The molecule has 2 aromatic heterocycles. The lowest BCUT2D eigenvalue weighted by Gasteiger charge is -2.09. The molecule has 2 heterocycles. The van der Waals surface area contributed by atoms with Crippen LogP contribution in [0.15, 0.2) is 34.6 Å². The van der Waals surface area contributed by atoms with E-state index in [4.69, 9.17) is 12.6 Å². The van der Waals surface area contributed by atoms with Crippen molar-refractivity contribution in [3.05, 3.63) is 40.1 Å². The van der Waals surface area contributed by atoms with E-state index in [9.17, 15) is 4.79 Å². The molecule has 2 radical (unpaired) electrons. The average molecular weight is 325 g/mol. The van der Waals surface area contributed by atoms with Gasteiger partial charge in [0, 0.05) is 18.2 Å². The Balaban J connectivity index is 2.04. The summed E-state index contributed by atoms with van der Waals surface area (Å²) in [5.74, 6) is 0.737. The number of fused-ring (bicyclic) bond motifs is 1. The Morgan fingerprint density at radius 1 is 1.26 bits per heavy atom. The minimum Gasteiger partial charge on any atom is -0.494 e. The molecule has 0 amide bonds. The molecule has 0 unspecified atom stereocenters. The summed E-state index contributed by atoms with van der Waals surface area (Å²) in [6.07, 6.45) is 2.33. The molecule has 3 aromatic rings. The number of unbranched alkanes of at least 4 members (excludes halogenated alkanes) is 1. The smallest absolute Gasteiger partial charge is 0.266 e. The van der Waals surface area contributed by atoms with E-state index in [1.54, 1.807) is 24.8 Å². The zero-order valence-electron chi connectivity index (χ0n) is 12.9. The Morgan fingerprint density at radius 3 is 2.91 bits per heavy atom. The molecule has 0 aliphatic heterocycles. The lowest BCUT2D eigenvalue weighted by molar-refractivity contribution is 0.419. The van der Waals surface area contributed by atoms with Crippen molar-refractivity contribution in [2.24, 2.45) is 0 Å². The summed E-state index contributed by atoms with van der Waals surface area (Å²) in [4.78, 5) is 16.3. The van der Waals surface area contributed by atoms with E-state index < -0.39 is 0 Å². The van der Waals surface area contributed by atoms with Gasteiger partial charge in [-0.3, -0.25) is 4.79 Å². The third-order valence-corrected chi connectivity index (χ3v) is 4.49. The predicted molar refractivity (Wildman–Crippen MR) is 93.5 cm³/mol. The maximum Gasteiger partial charge on any atom is 0.266 e. The van der Waals surface area contributed by atoms with Gasteiger partial charge < -0.3 is 4.74 Å². The van der Waals surface area contributed by atoms with Gasteiger partial charge in [-0.25, -0.2) is 9.67 Å². The third-order valence-electron chi connectivity index (χ3n) is 3.63. The second-order valence-corrected chi connectivity index (χ2v) is 5.98. The van der Waals surface area contributed by atoms with Crippen LogP contribution in [0.5, 0.6) is 5.75 Å². The summed E-state index contributed by atoms with van der Waals surface area (Å²) in [6, 6.07) is 7.14. The van der Waals surface area contributed by atoms with E-state index in [0.29, 0.717) is 12.9 Å². The zero-order chi connectivity index (χ0) is 16.2. The van der Waals surface area contributed by atoms with Crippen molar-refractivity contribution < 1.29 is 4.74 Å². The molecule has 0 atom stereocenters. The van der Waals surface area contributed by atoms with Crippen LogP contribution < -0.4 is 10.3 Å². The van der Waals surface area contributed by atoms with Crippen LogP contribution >= 0.6 is 11.3 Å². The van der Waals surface area contributed by atoms with Gasteiger partial charge in [0.1, 0.15) is 11.3 Å².